The molecule has 0 aromatic carbocycles. The topological polar surface area (TPSA) is 237 Å². The van der Waals surface area contributed by atoms with E-state index in [1.54, 1.807) is 0 Å². The number of phosphoric ester groups is 2. The summed E-state index contributed by atoms with van der Waals surface area (Å²) in [4.78, 5) is 72.5. The number of carbonyl (C=O) groups is 4. The molecule has 0 aromatic rings. The van der Waals surface area contributed by atoms with Crippen molar-refractivity contribution >= 4 is 39.5 Å². The average Bonchev–Trinajstić information content (AvgIpc) is 3.48. The number of aliphatic hydroxyl groups is 1. The molecule has 0 amide bonds. The lowest BCUT2D eigenvalue weighted by atomic mass is 9.99. The van der Waals surface area contributed by atoms with Gasteiger partial charge >= 0.3 is 39.5 Å². The predicted molar refractivity (Wildman–Crippen MR) is 354 cm³/mol. The van der Waals surface area contributed by atoms with Crippen molar-refractivity contribution in [3.63, 3.8) is 0 Å². The van der Waals surface area contributed by atoms with E-state index in [-0.39, 0.29) is 25.7 Å². The molecule has 0 rings (SSSR count). The number of ether oxygens (including phenoxy) is 4. The van der Waals surface area contributed by atoms with E-state index in [1.165, 1.54) is 141 Å². The summed E-state index contributed by atoms with van der Waals surface area (Å²) >= 11 is 0. The van der Waals surface area contributed by atoms with E-state index in [2.05, 4.69) is 55.4 Å². The number of hydrogen-bond donors (Lipinski definition) is 3. The van der Waals surface area contributed by atoms with Crippen molar-refractivity contribution < 1.29 is 80.2 Å². The van der Waals surface area contributed by atoms with Gasteiger partial charge in [-0.3, -0.25) is 37.3 Å². The highest BCUT2D eigenvalue weighted by Crippen LogP contribution is 2.45. The molecule has 0 saturated heterocycles. The van der Waals surface area contributed by atoms with Crippen molar-refractivity contribution in [3.05, 3.63) is 0 Å². The van der Waals surface area contributed by atoms with E-state index in [0.29, 0.717) is 25.7 Å². The first-order valence-electron chi connectivity index (χ1n) is 35.7. The second-order valence-corrected chi connectivity index (χ2v) is 29.5. The summed E-state index contributed by atoms with van der Waals surface area (Å²) < 4.78 is 68.2. The maximum absolute atomic E-state index is 13.0. The van der Waals surface area contributed by atoms with Crippen LogP contribution < -0.4 is 0 Å². The largest absolute Gasteiger partial charge is 0.472 e. The molecule has 0 bridgehead atoms. The summed E-state index contributed by atoms with van der Waals surface area (Å²) in [6.07, 6.45) is 40.2. The van der Waals surface area contributed by atoms with Gasteiger partial charge in [0, 0.05) is 25.7 Å². The van der Waals surface area contributed by atoms with Crippen LogP contribution >= 0.6 is 15.6 Å². The minimum atomic E-state index is -4.95. The summed E-state index contributed by atoms with van der Waals surface area (Å²) in [6.45, 7) is 14.1. The number of phosphoric acid groups is 2. The summed E-state index contributed by atoms with van der Waals surface area (Å²) in [5.74, 6) is 0.863. The molecule has 0 aliphatic heterocycles. The van der Waals surface area contributed by atoms with Crippen molar-refractivity contribution in [2.75, 3.05) is 39.6 Å². The zero-order valence-corrected chi connectivity index (χ0v) is 59.1. The lowest BCUT2D eigenvalue weighted by molar-refractivity contribution is -0.161. The lowest BCUT2D eigenvalue weighted by Gasteiger charge is -2.21. The molecule has 0 aliphatic rings. The number of unbranched alkanes of at least 4 members (excludes halogenated alkanes) is 31. The SMILES string of the molecule is CCC(C)CCCCCCCCCCC(=O)OC[C@H](COP(=O)(O)OC[C@H](O)COP(=O)(O)OC[C@@H](COC(=O)CCCCCCCCCCCC(C)C)OC(=O)CCCCCCCCCCCC(C)C)OC(=O)CCCCCCCCCCCC(C)C. The average molecular weight is 1300 g/mol. The third-order valence-electron chi connectivity index (χ3n) is 16.2. The van der Waals surface area contributed by atoms with E-state index in [4.69, 9.17) is 37.0 Å². The molecular weight excluding hydrogens is 1160 g/mol. The molecule has 6 atom stereocenters. The Hall–Kier alpha value is -1.94. The van der Waals surface area contributed by atoms with E-state index >= 15 is 0 Å². The first-order valence-corrected chi connectivity index (χ1v) is 38.7. The normalized spacial score (nSPS) is 14.6. The highest BCUT2D eigenvalue weighted by Gasteiger charge is 2.30. The number of rotatable bonds is 66. The van der Waals surface area contributed by atoms with Crippen molar-refractivity contribution in [1.29, 1.82) is 0 Å². The van der Waals surface area contributed by atoms with Gasteiger partial charge in [-0.05, 0) is 49.4 Å². The standard InChI is InChI=1S/C69H134O17P2/c1-9-62(8)48-40-32-24-19-20-26-34-42-50-67(72)80-56-65(86-69(74)52-44-36-28-18-12-15-23-31-39-47-61(6)7)58-84-88(77,78)82-54-63(70)53-81-87(75,76)83-57-64(85-68(73)51-43-35-27-17-11-14-22-30-38-46-60(4)5)55-79-66(71)49-41-33-25-16-10-13-21-29-37-45-59(2)3/h59-65,70H,9-58H2,1-8H3,(H,75,76)(H,77,78)/t62?,63-,64-,65-/m1/s1. The minimum absolute atomic E-state index is 0.104. The van der Waals surface area contributed by atoms with Gasteiger partial charge in [-0.25, -0.2) is 9.13 Å². The van der Waals surface area contributed by atoms with Crippen LogP contribution in [0.2, 0.25) is 0 Å². The summed E-state index contributed by atoms with van der Waals surface area (Å²) in [5.41, 5.74) is 0. The quantitative estimate of drug-likeness (QED) is 0.0222. The fourth-order valence-corrected chi connectivity index (χ4v) is 11.9. The second kappa shape index (κ2) is 58.8. The van der Waals surface area contributed by atoms with Crippen molar-refractivity contribution in [3.8, 4) is 0 Å². The molecule has 3 unspecified atom stereocenters. The maximum atomic E-state index is 13.0. The predicted octanol–water partition coefficient (Wildman–Crippen LogP) is 19.3. The van der Waals surface area contributed by atoms with Crippen LogP contribution in [0.15, 0.2) is 0 Å². The van der Waals surface area contributed by atoms with Gasteiger partial charge in [-0.1, -0.05) is 287 Å². The minimum Gasteiger partial charge on any atom is -0.462 e. The fraction of sp³-hybridized carbons (Fsp3) is 0.942. The van der Waals surface area contributed by atoms with E-state index < -0.39 is 97.5 Å². The highest BCUT2D eigenvalue weighted by molar-refractivity contribution is 7.47. The Morgan fingerprint density at radius 3 is 0.807 bits per heavy atom. The van der Waals surface area contributed by atoms with E-state index in [0.717, 1.165) is 114 Å². The molecule has 19 heteroatoms. The molecule has 0 heterocycles. The molecule has 0 fully saturated rings. The van der Waals surface area contributed by atoms with Crippen molar-refractivity contribution in [2.45, 2.75) is 356 Å². The molecule has 0 spiro atoms. The second-order valence-electron chi connectivity index (χ2n) is 26.6. The van der Waals surface area contributed by atoms with Gasteiger partial charge in [0.05, 0.1) is 26.4 Å². The Balaban J connectivity index is 5.27. The van der Waals surface area contributed by atoms with Crippen LogP contribution in [0.25, 0.3) is 0 Å². The van der Waals surface area contributed by atoms with E-state index in [9.17, 15) is 43.2 Å². The zero-order chi connectivity index (χ0) is 65.4. The van der Waals surface area contributed by atoms with Crippen LogP contribution in [0.3, 0.4) is 0 Å². The van der Waals surface area contributed by atoms with Crippen LogP contribution in [-0.2, 0) is 65.4 Å². The number of esters is 4. The smallest absolute Gasteiger partial charge is 0.462 e. The summed E-state index contributed by atoms with van der Waals surface area (Å²) in [6, 6.07) is 0. The third kappa shape index (κ3) is 61.6. The van der Waals surface area contributed by atoms with Crippen LogP contribution in [0, 0.1) is 23.7 Å². The zero-order valence-electron chi connectivity index (χ0n) is 57.3. The number of hydrogen-bond acceptors (Lipinski definition) is 15. The molecule has 17 nitrogen and oxygen atoms in total. The first-order chi connectivity index (χ1) is 42.1. The summed E-state index contributed by atoms with van der Waals surface area (Å²) in [7, 11) is -9.90. The van der Waals surface area contributed by atoms with Crippen LogP contribution in [-0.4, -0.2) is 96.7 Å². The molecule has 0 aliphatic carbocycles. The number of carbonyl (C=O) groups excluding carboxylic acids is 4. The van der Waals surface area contributed by atoms with Crippen molar-refractivity contribution in [1.82, 2.24) is 0 Å². The number of aliphatic hydroxyl groups excluding tert-OH is 1. The molecule has 3 N–H and O–H groups in total. The molecule has 0 aromatic heterocycles. The Morgan fingerprint density at radius 2 is 0.545 bits per heavy atom. The fourth-order valence-electron chi connectivity index (χ4n) is 10.3. The Kier molecular flexibility index (Phi) is 57.6. The Morgan fingerprint density at radius 1 is 0.318 bits per heavy atom. The molecule has 0 radical (unpaired) electrons. The maximum Gasteiger partial charge on any atom is 0.472 e. The molecule has 88 heavy (non-hydrogen) atoms. The third-order valence-corrected chi connectivity index (χ3v) is 18.1. The van der Waals surface area contributed by atoms with Gasteiger partial charge in [0.2, 0.25) is 0 Å². The highest BCUT2D eigenvalue weighted by atomic mass is 31.2. The summed E-state index contributed by atoms with van der Waals surface area (Å²) in [5, 5.41) is 10.6. The van der Waals surface area contributed by atoms with Crippen LogP contribution in [0.4, 0.5) is 0 Å². The van der Waals surface area contributed by atoms with Crippen LogP contribution in [0.5, 0.6) is 0 Å². The van der Waals surface area contributed by atoms with Gasteiger partial charge < -0.3 is 33.8 Å². The lowest BCUT2D eigenvalue weighted by Crippen LogP contribution is -2.30. The molecule has 522 valence electrons. The van der Waals surface area contributed by atoms with Gasteiger partial charge in [0.1, 0.15) is 19.3 Å². The van der Waals surface area contributed by atoms with Gasteiger partial charge in [-0.2, -0.15) is 0 Å². The van der Waals surface area contributed by atoms with Gasteiger partial charge in [0.25, 0.3) is 0 Å². The monoisotopic (exact) mass is 1300 g/mol. The van der Waals surface area contributed by atoms with Crippen LogP contribution in [0.1, 0.15) is 338 Å². The Labute approximate surface area is 537 Å². The van der Waals surface area contributed by atoms with E-state index in [1.807, 2.05) is 0 Å². The van der Waals surface area contributed by atoms with Gasteiger partial charge in [0.15, 0.2) is 12.2 Å². The van der Waals surface area contributed by atoms with Crippen molar-refractivity contribution in [2.24, 2.45) is 23.7 Å². The Bertz CT molecular complexity index is 1750. The first kappa shape index (κ1) is 86.1. The molecular formula is C69H134O17P2. The molecule has 0 saturated carbocycles. The van der Waals surface area contributed by atoms with Gasteiger partial charge in [-0.15, -0.1) is 0 Å².